The normalized spacial score (nSPS) is 19.6. The van der Waals surface area contributed by atoms with Crippen molar-refractivity contribution in [2.24, 2.45) is 0 Å². The molecule has 0 saturated carbocycles. The highest BCUT2D eigenvalue weighted by molar-refractivity contribution is 7.98. The predicted molar refractivity (Wildman–Crippen MR) is 141 cm³/mol. The first kappa shape index (κ1) is 23.7. The van der Waals surface area contributed by atoms with Crippen molar-refractivity contribution in [3.63, 3.8) is 0 Å². The molecule has 8 nitrogen and oxygen atoms in total. The maximum absolute atomic E-state index is 13.8. The Kier molecular flexibility index (Phi) is 5.95. The maximum atomic E-state index is 13.8. The van der Waals surface area contributed by atoms with Gasteiger partial charge in [-0.2, -0.15) is 0 Å². The number of hydrogen-bond acceptors (Lipinski definition) is 6. The van der Waals surface area contributed by atoms with Gasteiger partial charge >= 0.3 is 0 Å². The Bertz CT molecular complexity index is 1400. The molecule has 0 bridgehead atoms. The summed E-state index contributed by atoms with van der Waals surface area (Å²) >= 11 is 1.79. The zero-order valence-corrected chi connectivity index (χ0v) is 21.4. The van der Waals surface area contributed by atoms with E-state index in [2.05, 4.69) is 29.3 Å². The van der Waals surface area contributed by atoms with Gasteiger partial charge in [0.1, 0.15) is 6.67 Å². The van der Waals surface area contributed by atoms with Crippen molar-refractivity contribution in [2.75, 3.05) is 24.8 Å². The molecule has 2 aromatic carbocycles. The first-order chi connectivity index (χ1) is 17.9. The second-order valence-electron chi connectivity index (χ2n) is 9.74. The minimum Gasteiger partial charge on any atom is -0.502 e. The number of carbonyl (C=O) groups is 2. The molecule has 0 aliphatic carbocycles. The number of amides is 2. The SMILES string of the molecule is CC(=O)N1CCC(N2CN(C3c4ccccc4CSc4ccccc43)n3ccc(=O)c(O)c3C2=O)CC1. The van der Waals surface area contributed by atoms with E-state index in [1.807, 2.05) is 24.3 Å². The molecule has 6 rings (SSSR count). The average molecular weight is 517 g/mol. The zero-order chi connectivity index (χ0) is 25.7. The summed E-state index contributed by atoms with van der Waals surface area (Å²) in [5, 5.41) is 12.9. The van der Waals surface area contributed by atoms with Crippen LogP contribution in [-0.2, 0) is 10.5 Å². The quantitative estimate of drug-likeness (QED) is 0.563. The maximum Gasteiger partial charge on any atom is 0.278 e. The Balaban J connectivity index is 1.50. The lowest BCUT2D eigenvalue weighted by atomic mass is 9.94. The molecule has 1 saturated heterocycles. The summed E-state index contributed by atoms with van der Waals surface area (Å²) in [6, 6.07) is 17.6. The molecule has 37 heavy (non-hydrogen) atoms. The Morgan fingerprint density at radius 2 is 1.68 bits per heavy atom. The molecule has 3 aliphatic heterocycles. The van der Waals surface area contributed by atoms with Crippen LogP contribution >= 0.6 is 11.8 Å². The first-order valence-corrected chi connectivity index (χ1v) is 13.5. The molecule has 0 spiro atoms. The summed E-state index contributed by atoms with van der Waals surface area (Å²) in [6.45, 7) is 3.00. The van der Waals surface area contributed by atoms with Crippen molar-refractivity contribution in [3.05, 3.63) is 93.4 Å². The number of nitrogens with zero attached hydrogens (tertiary/aromatic N) is 4. The van der Waals surface area contributed by atoms with E-state index in [1.54, 1.807) is 39.4 Å². The summed E-state index contributed by atoms with van der Waals surface area (Å²) in [6.07, 6.45) is 2.88. The van der Waals surface area contributed by atoms with Crippen molar-refractivity contribution in [1.29, 1.82) is 0 Å². The van der Waals surface area contributed by atoms with Crippen LogP contribution in [0.15, 0.2) is 70.5 Å². The van der Waals surface area contributed by atoms with Crippen LogP contribution in [0.5, 0.6) is 5.75 Å². The Labute approximate surface area is 219 Å². The second kappa shape index (κ2) is 9.30. The summed E-state index contributed by atoms with van der Waals surface area (Å²) in [5.41, 5.74) is 2.86. The molecule has 1 unspecified atom stereocenters. The predicted octanol–water partition coefficient (Wildman–Crippen LogP) is 3.31. The largest absolute Gasteiger partial charge is 0.502 e. The van der Waals surface area contributed by atoms with Gasteiger partial charge < -0.3 is 14.9 Å². The van der Waals surface area contributed by atoms with Crippen LogP contribution in [0.1, 0.15) is 53.0 Å². The molecule has 9 heteroatoms. The summed E-state index contributed by atoms with van der Waals surface area (Å²) in [7, 11) is 0. The summed E-state index contributed by atoms with van der Waals surface area (Å²) in [4.78, 5) is 42.9. The molecule has 1 N–H and O–H groups in total. The summed E-state index contributed by atoms with van der Waals surface area (Å²) < 4.78 is 1.66. The number of pyridine rings is 1. The fourth-order valence-corrected chi connectivity index (χ4v) is 6.84. The molecule has 1 aromatic heterocycles. The monoisotopic (exact) mass is 516 g/mol. The third kappa shape index (κ3) is 3.98. The van der Waals surface area contributed by atoms with Crippen LogP contribution in [0.4, 0.5) is 0 Å². The topological polar surface area (TPSA) is 86.1 Å². The van der Waals surface area contributed by atoms with Gasteiger partial charge in [-0.25, -0.2) is 0 Å². The van der Waals surface area contributed by atoms with E-state index in [-0.39, 0.29) is 36.3 Å². The van der Waals surface area contributed by atoms with Crippen LogP contribution in [0, 0.1) is 0 Å². The molecular weight excluding hydrogens is 488 g/mol. The van der Waals surface area contributed by atoms with Crippen LogP contribution in [0.25, 0.3) is 0 Å². The highest BCUT2D eigenvalue weighted by Crippen LogP contribution is 2.43. The van der Waals surface area contributed by atoms with Gasteiger partial charge in [0, 0.05) is 49.0 Å². The lowest BCUT2D eigenvalue weighted by Crippen LogP contribution is -2.59. The number of piperidine rings is 1. The number of thioether (sulfide) groups is 1. The Morgan fingerprint density at radius 1 is 0.973 bits per heavy atom. The number of fused-ring (bicyclic) bond motifs is 3. The molecular formula is C28H28N4O4S. The number of carbonyl (C=O) groups excluding carboxylic acids is 2. The van der Waals surface area contributed by atoms with Gasteiger partial charge in [0.2, 0.25) is 11.3 Å². The fraction of sp³-hybridized carbons (Fsp3) is 0.321. The number of aromatic nitrogens is 1. The smallest absolute Gasteiger partial charge is 0.278 e. The van der Waals surface area contributed by atoms with E-state index in [0.29, 0.717) is 25.9 Å². The third-order valence-corrected chi connectivity index (χ3v) is 8.82. The molecule has 4 heterocycles. The van der Waals surface area contributed by atoms with E-state index in [1.165, 1.54) is 11.6 Å². The molecule has 190 valence electrons. The van der Waals surface area contributed by atoms with Crippen LogP contribution < -0.4 is 10.4 Å². The van der Waals surface area contributed by atoms with E-state index in [0.717, 1.165) is 21.8 Å². The van der Waals surface area contributed by atoms with Crippen molar-refractivity contribution in [1.82, 2.24) is 14.5 Å². The van der Waals surface area contributed by atoms with Gasteiger partial charge in [-0.15, -0.1) is 11.8 Å². The fourth-order valence-electron chi connectivity index (χ4n) is 5.75. The highest BCUT2D eigenvalue weighted by Gasteiger charge is 2.41. The van der Waals surface area contributed by atoms with Crippen molar-refractivity contribution in [2.45, 2.75) is 42.5 Å². The highest BCUT2D eigenvalue weighted by atomic mass is 32.2. The lowest BCUT2D eigenvalue weighted by molar-refractivity contribution is -0.130. The minimum atomic E-state index is -0.579. The first-order valence-electron chi connectivity index (χ1n) is 12.5. The summed E-state index contributed by atoms with van der Waals surface area (Å²) in [5.74, 6) is -0.0413. The molecule has 1 fully saturated rings. The van der Waals surface area contributed by atoms with Gasteiger partial charge in [0.25, 0.3) is 5.91 Å². The third-order valence-electron chi connectivity index (χ3n) is 7.69. The molecule has 0 radical (unpaired) electrons. The van der Waals surface area contributed by atoms with E-state index >= 15 is 0 Å². The van der Waals surface area contributed by atoms with Crippen molar-refractivity contribution in [3.8, 4) is 5.75 Å². The van der Waals surface area contributed by atoms with Gasteiger partial charge in [-0.3, -0.25) is 24.1 Å². The van der Waals surface area contributed by atoms with Gasteiger partial charge in [0.15, 0.2) is 11.4 Å². The van der Waals surface area contributed by atoms with Crippen molar-refractivity contribution < 1.29 is 14.7 Å². The molecule has 2 amide bonds. The second-order valence-corrected chi connectivity index (χ2v) is 10.8. The number of aromatic hydroxyl groups is 1. The van der Waals surface area contributed by atoms with E-state index in [4.69, 9.17) is 0 Å². The Hall–Kier alpha value is -3.72. The van der Waals surface area contributed by atoms with Crippen LogP contribution in [0.2, 0.25) is 0 Å². The molecule has 1 atom stereocenters. The van der Waals surface area contributed by atoms with Crippen LogP contribution in [0.3, 0.4) is 0 Å². The Morgan fingerprint density at radius 3 is 2.43 bits per heavy atom. The van der Waals surface area contributed by atoms with Gasteiger partial charge in [-0.1, -0.05) is 42.5 Å². The average Bonchev–Trinajstić information content (AvgIpc) is 3.08. The molecule has 3 aromatic rings. The molecule has 3 aliphatic rings. The van der Waals surface area contributed by atoms with Crippen LogP contribution in [-0.4, -0.2) is 57.2 Å². The van der Waals surface area contributed by atoms with E-state index in [9.17, 15) is 19.5 Å². The minimum absolute atomic E-state index is 0.0143. The zero-order valence-electron chi connectivity index (χ0n) is 20.5. The lowest BCUT2D eigenvalue weighted by Gasteiger charge is -2.47. The van der Waals surface area contributed by atoms with Gasteiger partial charge in [-0.05, 0) is 35.6 Å². The number of hydrogen-bond donors (Lipinski definition) is 1. The van der Waals surface area contributed by atoms with Gasteiger partial charge in [0.05, 0.1) is 6.04 Å². The van der Waals surface area contributed by atoms with Crippen molar-refractivity contribution >= 4 is 23.6 Å². The number of benzene rings is 2. The standard InChI is InChI=1S/C28H28N4O4S/c1-18(33)29-13-10-20(11-14-29)30-17-32(31-15-12-23(34)27(35)26(31)28(30)36)25-21-7-3-2-6-19(21)16-37-24-9-5-4-8-22(24)25/h2-9,12,15,20,25,35H,10-11,13-14,16-17H2,1H3. The number of rotatable bonds is 2. The van der Waals surface area contributed by atoms with E-state index < -0.39 is 11.2 Å². The number of likely N-dealkylation sites (tertiary alicyclic amines) is 1.